The summed E-state index contributed by atoms with van der Waals surface area (Å²) in [6, 6.07) is 9.55. The van der Waals surface area contributed by atoms with Crippen LogP contribution in [0.2, 0.25) is 5.02 Å². The molecule has 0 aliphatic heterocycles. The lowest BCUT2D eigenvalue weighted by atomic mass is 10.3. The summed E-state index contributed by atoms with van der Waals surface area (Å²) in [6.45, 7) is 3.04. The molecule has 0 unspecified atom stereocenters. The predicted octanol–water partition coefficient (Wildman–Crippen LogP) is 4.36. The Balaban J connectivity index is 2.27. The van der Waals surface area contributed by atoms with E-state index in [9.17, 15) is 0 Å². The first-order chi connectivity index (χ1) is 8.79. The molecule has 4 heteroatoms. The van der Waals surface area contributed by atoms with E-state index in [1.165, 1.54) is 0 Å². The molecule has 1 aromatic carbocycles. The first kappa shape index (κ1) is 11.4. The van der Waals surface area contributed by atoms with E-state index in [0.717, 1.165) is 40.6 Å². The Hall–Kier alpha value is -1.74. The van der Waals surface area contributed by atoms with Crippen molar-refractivity contribution in [1.82, 2.24) is 9.55 Å². The maximum atomic E-state index is 6.06. The van der Waals surface area contributed by atoms with Crippen molar-refractivity contribution >= 4 is 22.6 Å². The van der Waals surface area contributed by atoms with E-state index in [1.807, 2.05) is 30.3 Å². The van der Waals surface area contributed by atoms with E-state index in [2.05, 4.69) is 16.5 Å². The van der Waals surface area contributed by atoms with Gasteiger partial charge in [0.05, 0.1) is 17.3 Å². The minimum atomic E-state index is 0.728. The Morgan fingerprint density at radius 1 is 1.33 bits per heavy atom. The van der Waals surface area contributed by atoms with Gasteiger partial charge in [0.25, 0.3) is 0 Å². The Kier molecular flexibility index (Phi) is 2.84. The second-order valence-electron chi connectivity index (χ2n) is 4.20. The zero-order valence-electron chi connectivity index (χ0n) is 10.1. The molecule has 0 aliphatic carbocycles. The highest BCUT2D eigenvalue weighted by Crippen LogP contribution is 2.27. The van der Waals surface area contributed by atoms with Crippen molar-refractivity contribution < 1.29 is 4.42 Å². The summed E-state index contributed by atoms with van der Waals surface area (Å²) in [7, 11) is 0. The van der Waals surface area contributed by atoms with Crippen LogP contribution in [0.15, 0.2) is 41.0 Å². The molecule has 0 atom stereocenters. The van der Waals surface area contributed by atoms with Crippen LogP contribution in [0.4, 0.5) is 0 Å². The molecule has 0 aliphatic rings. The molecule has 0 spiro atoms. The molecule has 0 saturated heterocycles. The number of halogens is 1. The van der Waals surface area contributed by atoms with Crippen LogP contribution in [-0.4, -0.2) is 9.55 Å². The summed E-state index contributed by atoms with van der Waals surface area (Å²) in [4.78, 5) is 4.63. The molecule has 0 amide bonds. The first-order valence-electron chi connectivity index (χ1n) is 5.99. The molecule has 0 saturated carbocycles. The number of imidazole rings is 1. The number of fused-ring (bicyclic) bond motifs is 1. The minimum absolute atomic E-state index is 0.728. The maximum Gasteiger partial charge on any atom is 0.177 e. The Bertz CT molecular complexity index is 670. The van der Waals surface area contributed by atoms with Crippen molar-refractivity contribution in [3.05, 3.63) is 41.6 Å². The van der Waals surface area contributed by atoms with Crippen LogP contribution in [0.25, 0.3) is 22.6 Å². The molecule has 2 heterocycles. The molecule has 3 aromatic rings. The average molecular weight is 261 g/mol. The molecular formula is C14H13ClN2O. The fourth-order valence-electron chi connectivity index (χ4n) is 2.14. The number of benzene rings is 1. The van der Waals surface area contributed by atoms with Crippen molar-refractivity contribution in [2.75, 3.05) is 0 Å². The van der Waals surface area contributed by atoms with Crippen LogP contribution in [0.5, 0.6) is 0 Å². The standard InChI is InChI=1S/C14H13ClN2O/c1-2-7-17-12-9-10(15)5-6-11(12)16-14(17)13-4-3-8-18-13/h3-6,8-9H,2,7H2,1H3. The van der Waals surface area contributed by atoms with Gasteiger partial charge in [-0.3, -0.25) is 0 Å². The molecule has 92 valence electrons. The van der Waals surface area contributed by atoms with E-state index in [-0.39, 0.29) is 0 Å². The summed E-state index contributed by atoms with van der Waals surface area (Å²) >= 11 is 6.06. The topological polar surface area (TPSA) is 31.0 Å². The summed E-state index contributed by atoms with van der Waals surface area (Å²) in [5.74, 6) is 1.65. The van der Waals surface area contributed by atoms with Gasteiger partial charge in [0, 0.05) is 11.6 Å². The van der Waals surface area contributed by atoms with Gasteiger partial charge < -0.3 is 8.98 Å². The van der Waals surface area contributed by atoms with E-state index >= 15 is 0 Å². The maximum absolute atomic E-state index is 6.06. The number of furan rings is 1. The summed E-state index contributed by atoms with van der Waals surface area (Å²) in [6.07, 6.45) is 2.70. The molecule has 0 N–H and O–H groups in total. The minimum Gasteiger partial charge on any atom is -0.461 e. The third-order valence-electron chi connectivity index (χ3n) is 2.90. The molecular weight excluding hydrogens is 248 g/mol. The Morgan fingerprint density at radius 2 is 2.22 bits per heavy atom. The zero-order chi connectivity index (χ0) is 12.5. The molecule has 18 heavy (non-hydrogen) atoms. The molecule has 0 radical (unpaired) electrons. The summed E-state index contributed by atoms with van der Waals surface area (Å²) in [5.41, 5.74) is 2.00. The molecule has 3 rings (SSSR count). The summed E-state index contributed by atoms with van der Waals surface area (Å²) < 4.78 is 7.60. The third kappa shape index (κ3) is 1.81. The van der Waals surface area contributed by atoms with Gasteiger partial charge in [-0.05, 0) is 36.8 Å². The number of aromatic nitrogens is 2. The van der Waals surface area contributed by atoms with Crippen LogP contribution >= 0.6 is 11.6 Å². The van der Waals surface area contributed by atoms with Gasteiger partial charge in [-0.2, -0.15) is 0 Å². The molecule has 0 bridgehead atoms. The zero-order valence-corrected chi connectivity index (χ0v) is 10.8. The number of aryl methyl sites for hydroxylation is 1. The average Bonchev–Trinajstić information content (AvgIpc) is 2.98. The lowest BCUT2D eigenvalue weighted by molar-refractivity contribution is 0.568. The van der Waals surface area contributed by atoms with Crippen molar-refractivity contribution in [1.29, 1.82) is 0 Å². The van der Waals surface area contributed by atoms with Gasteiger partial charge in [0.1, 0.15) is 0 Å². The van der Waals surface area contributed by atoms with Crippen LogP contribution < -0.4 is 0 Å². The largest absolute Gasteiger partial charge is 0.461 e. The van der Waals surface area contributed by atoms with Gasteiger partial charge in [0.2, 0.25) is 0 Å². The number of rotatable bonds is 3. The quantitative estimate of drug-likeness (QED) is 0.701. The van der Waals surface area contributed by atoms with E-state index in [4.69, 9.17) is 16.0 Å². The van der Waals surface area contributed by atoms with Crippen LogP contribution in [0.3, 0.4) is 0 Å². The third-order valence-corrected chi connectivity index (χ3v) is 3.13. The lowest BCUT2D eigenvalue weighted by Crippen LogP contribution is -1.98. The van der Waals surface area contributed by atoms with Crippen molar-refractivity contribution in [3.8, 4) is 11.6 Å². The Morgan fingerprint density at radius 3 is 2.94 bits per heavy atom. The predicted molar refractivity (Wildman–Crippen MR) is 72.7 cm³/mol. The first-order valence-corrected chi connectivity index (χ1v) is 6.37. The van der Waals surface area contributed by atoms with Gasteiger partial charge in [-0.15, -0.1) is 0 Å². The molecule has 2 aromatic heterocycles. The Labute approximate surface area is 110 Å². The normalized spacial score (nSPS) is 11.2. The fraction of sp³-hybridized carbons (Fsp3) is 0.214. The van der Waals surface area contributed by atoms with E-state index in [1.54, 1.807) is 6.26 Å². The fourth-order valence-corrected chi connectivity index (χ4v) is 2.31. The van der Waals surface area contributed by atoms with Gasteiger partial charge in [-0.25, -0.2) is 4.98 Å². The molecule has 3 nitrogen and oxygen atoms in total. The van der Waals surface area contributed by atoms with Gasteiger partial charge >= 0.3 is 0 Å². The van der Waals surface area contributed by atoms with Crippen molar-refractivity contribution in [2.45, 2.75) is 19.9 Å². The van der Waals surface area contributed by atoms with Gasteiger partial charge in [0.15, 0.2) is 11.6 Å². The van der Waals surface area contributed by atoms with Crippen molar-refractivity contribution in [2.24, 2.45) is 0 Å². The number of nitrogens with zero attached hydrogens (tertiary/aromatic N) is 2. The monoisotopic (exact) mass is 260 g/mol. The highest BCUT2D eigenvalue weighted by molar-refractivity contribution is 6.31. The second kappa shape index (κ2) is 4.50. The number of hydrogen-bond acceptors (Lipinski definition) is 2. The summed E-state index contributed by atoms with van der Waals surface area (Å²) in [5, 5.41) is 0.728. The highest BCUT2D eigenvalue weighted by atomic mass is 35.5. The lowest BCUT2D eigenvalue weighted by Gasteiger charge is -2.05. The van der Waals surface area contributed by atoms with Crippen LogP contribution in [-0.2, 0) is 6.54 Å². The van der Waals surface area contributed by atoms with E-state index in [0.29, 0.717) is 0 Å². The van der Waals surface area contributed by atoms with Crippen molar-refractivity contribution in [3.63, 3.8) is 0 Å². The van der Waals surface area contributed by atoms with Gasteiger partial charge in [-0.1, -0.05) is 18.5 Å². The smallest absolute Gasteiger partial charge is 0.177 e. The number of hydrogen-bond donors (Lipinski definition) is 0. The molecule has 0 fully saturated rings. The highest BCUT2D eigenvalue weighted by Gasteiger charge is 2.14. The van der Waals surface area contributed by atoms with E-state index < -0.39 is 0 Å². The van der Waals surface area contributed by atoms with Crippen LogP contribution in [0, 0.1) is 0 Å². The van der Waals surface area contributed by atoms with Crippen LogP contribution in [0.1, 0.15) is 13.3 Å². The second-order valence-corrected chi connectivity index (χ2v) is 4.63. The SMILES string of the molecule is CCCn1c(-c2ccco2)nc2ccc(Cl)cc21.